The van der Waals surface area contributed by atoms with Crippen LogP contribution in [0, 0.1) is 6.92 Å². The molecule has 3 heterocycles. The van der Waals surface area contributed by atoms with Gasteiger partial charge in [-0.3, -0.25) is 9.78 Å². The molecule has 0 radical (unpaired) electrons. The minimum Gasteiger partial charge on any atom is -0.339 e. The molecular formula is C22H24N4O. The Hall–Kier alpha value is -2.95. The topological polar surface area (TPSA) is 51.0 Å². The molecule has 0 unspecified atom stereocenters. The Bertz CT molecular complexity index is 911. The second-order valence-electron chi connectivity index (χ2n) is 7.20. The first kappa shape index (κ1) is 17.5. The zero-order valence-corrected chi connectivity index (χ0v) is 15.6. The minimum atomic E-state index is 0.136. The van der Waals surface area contributed by atoms with Gasteiger partial charge in [-0.15, -0.1) is 0 Å². The summed E-state index contributed by atoms with van der Waals surface area (Å²) < 4.78 is 2.22. The van der Waals surface area contributed by atoms with E-state index in [1.165, 1.54) is 5.56 Å². The van der Waals surface area contributed by atoms with Gasteiger partial charge in [-0.1, -0.05) is 17.7 Å². The molecule has 1 saturated heterocycles. The van der Waals surface area contributed by atoms with E-state index in [0.29, 0.717) is 5.92 Å². The van der Waals surface area contributed by atoms with Crippen molar-refractivity contribution >= 4 is 5.91 Å². The van der Waals surface area contributed by atoms with Crippen molar-refractivity contribution < 1.29 is 4.79 Å². The quantitative estimate of drug-likeness (QED) is 0.713. The van der Waals surface area contributed by atoms with Crippen LogP contribution < -0.4 is 0 Å². The summed E-state index contributed by atoms with van der Waals surface area (Å²) in [4.78, 5) is 23.4. The Morgan fingerprint density at radius 1 is 1.11 bits per heavy atom. The number of aryl methyl sites for hydroxylation is 1. The molecule has 138 valence electrons. The van der Waals surface area contributed by atoms with Crippen LogP contribution in [0.1, 0.15) is 46.1 Å². The summed E-state index contributed by atoms with van der Waals surface area (Å²) in [6.45, 7) is 4.38. The van der Waals surface area contributed by atoms with Crippen molar-refractivity contribution in [3.05, 3.63) is 83.7 Å². The number of amides is 1. The SMILES string of the molecule is Cc1cccc(C(=O)N2CCC(c3nccn3Cc3ccncc3)CC2)c1. The van der Waals surface area contributed by atoms with Crippen LogP contribution in [0.25, 0.3) is 0 Å². The third-order valence-electron chi connectivity index (χ3n) is 5.26. The van der Waals surface area contributed by atoms with Crippen LogP contribution in [-0.4, -0.2) is 38.4 Å². The number of piperidine rings is 1. The average Bonchev–Trinajstić information content (AvgIpc) is 3.16. The Kier molecular flexibility index (Phi) is 5.01. The lowest BCUT2D eigenvalue weighted by molar-refractivity contribution is 0.0710. The summed E-state index contributed by atoms with van der Waals surface area (Å²) in [5.41, 5.74) is 3.12. The Morgan fingerprint density at radius 3 is 2.63 bits per heavy atom. The van der Waals surface area contributed by atoms with Gasteiger partial charge in [0.2, 0.25) is 0 Å². The second-order valence-corrected chi connectivity index (χ2v) is 7.20. The smallest absolute Gasteiger partial charge is 0.253 e. The predicted molar refractivity (Wildman–Crippen MR) is 105 cm³/mol. The summed E-state index contributed by atoms with van der Waals surface area (Å²) in [6.07, 6.45) is 9.46. The van der Waals surface area contributed by atoms with E-state index in [1.807, 2.05) is 73.0 Å². The molecule has 1 aliphatic heterocycles. The molecule has 3 aromatic rings. The molecule has 0 N–H and O–H groups in total. The van der Waals surface area contributed by atoms with Crippen LogP contribution >= 0.6 is 0 Å². The maximum absolute atomic E-state index is 12.8. The van der Waals surface area contributed by atoms with E-state index in [2.05, 4.69) is 14.5 Å². The lowest BCUT2D eigenvalue weighted by Gasteiger charge is -2.32. The van der Waals surface area contributed by atoms with Gasteiger partial charge in [0, 0.05) is 55.9 Å². The van der Waals surface area contributed by atoms with Crippen molar-refractivity contribution in [2.75, 3.05) is 13.1 Å². The van der Waals surface area contributed by atoms with Gasteiger partial charge in [0.15, 0.2) is 0 Å². The molecule has 4 rings (SSSR count). The van der Waals surface area contributed by atoms with Crippen LogP contribution in [0.15, 0.2) is 61.2 Å². The number of benzene rings is 1. The lowest BCUT2D eigenvalue weighted by atomic mass is 9.95. The number of nitrogens with zero attached hydrogens (tertiary/aromatic N) is 4. The molecule has 27 heavy (non-hydrogen) atoms. The van der Waals surface area contributed by atoms with E-state index >= 15 is 0 Å². The molecule has 1 aromatic carbocycles. The largest absolute Gasteiger partial charge is 0.339 e. The van der Waals surface area contributed by atoms with E-state index in [9.17, 15) is 4.79 Å². The third-order valence-corrected chi connectivity index (χ3v) is 5.26. The van der Waals surface area contributed by atoms with Gasteiger partial charge < -0.3 is 9.47 Å². The fourth-order valence-corrected chi connectivity index (χ4v) is 3.80. The number of rotatable bonds is 4. The summed E-state index contributed by atoms with van der Waals surface area (Å²) in [6, 6.07) is 11.9. The van der Waals surface area contributed by atoms with E-state index < -0.39 is 0 Å². The summed E-state index contributed by atoms with van der Waals surface area (Å²) in [7, 11) is 0. The average molecular weight is 360 g/mol. The highest BCUT2D eigenvalue weighted by Crippen LogP contribution is 2.28. The highest BCUT2D eigenvalue weighted by molar-refractivity contribution is 5.94. The van der Waals surface area contributed by atoms with Gasteiger partial charge in [-0.25, -0.2) is 4.98 Å². The number of hydrogen-bond donors (Lipinski definition) is 0. The Balaban J connectivity index is 1.41. The van der Waals surface area contributed by atoms with Crippen molar-refractivity contribution in [1.29, 1.82) is 0 Å². The Morgan fingerprint density at radius 2 is 1.89 bits per heavy atom. The van der Waals surface area contributed by atoms with Gasteiger partial charge in [0.25, 0.3) is 5.91 Å². The summed E-state index contributed by atoms with van der Waals surface area (Å²) in [5.74, 6) is 1.65. The van der Waals surface area contributed by atoms with Gasteiger partial charge in [-0.05, 0) is 49.6 Å². The van der Waals surface area contributed by atoms with Crippen molar-refractivity contribution in [2.24, 2.45) is 0 Å². The molecule has 2 aromatic heterocycles. The lowest BCUT2D eigenvalue weighted by Crippen LogP contribution is -2.38. The first-order chi connectivity index (χ1) is 13.2. The van der Waals surface area contributed by atoms with Gasteiger partial charge >= 0.3 is 0 Å². The molecule has 0 bridgehead atoms. The van der Waals surface area contributed by atoms with Crippen LogP contribution in [0.2, 0.25) is 0 Å². The minimum absolute atomic E-state index is 0.136. The molecular weight excluding hydrogens is 336 g/mol. The van der Waals surface area contributed by atoms with Crippen molar-refractivity contribution in [2.45, 2.75) is 32.2 Å². The van der Waals surface area contributed by atoms with Gasteiger partial charge in [-0.2, -0.15) is 0 Å². The van der Waals surface area contributed by atoms with E-state index in [1.54, 1.807) is 0 Å². The van der Waals surface area contributed by atoms with Crippen molar-refractivity contribution in [3.8, 4) is 0 Å². The van der Waals surface area contributed by atoms with E-state index in [0.717, 1.165) is 49.4 Å². The first-order valence-electron chi connectivity index (χ1n) is 9.46. The number of carbonyl (C=O) groups is 1. The summed E-state index contributed by atoms with van der Waals surface area (Å²) in [5, 5.41) is 0. The number of imidazole rings is 1. The van der Waals surface area contributed by atoms with Crippen LogP contribution in [0.3, 0.4) is 0 Å². The van der Waals surface area contributed by atoms with E-state index in [4.69, 9.17) is 0 Å². The number of aromatic nitrogens is 3. The molecule has 1 fully saturated rings. The number of pyridine rings is 1. The van der Waals surface area contributed by atoms with Crippen LogP contribution in [-0.2, 0) is 6.54 Å². The van der Waals surface area contributed by atoms with Gasteiger partial charge in [0.1, 0.15) is 5.82 Å². The van der Waals surface area contributed by atoms with Gasteiger partial charge in [0.05, 0.1) is 0 Å². The molecule has 0 saturated carbocycles. The molecule has 0 aliphatic carbocycles. The molecule has 1 aliphatic rings. The third kappa shape index (κ3) is 3.92. The highest BCUT2D eigenvalue weighted by atomic mass is 16.2. The zero-order valence-electron chi connectivity index (χ0n) is 15.6. The maximum atomic E-state index is 12.8. The standard InChI is InChI=1S/C22H24N4O/c1-17-3-2-4-20(15-17)22(27)25-12-7-19(8-13-25)21-24-11-14-26(21)16-18-5-9-23-10-6-18/h2-6,9-11,14-15,19H,7-8,12-13,16H2,1H3. The fraction of sp³-hybridized carbons (Fsp3) is 0.318. The molecule has 0 spiro atoms. The predicted octanol–water partition coefficient (Wildman–Crippen LogP) is 3.65. The first-order valence-corrected chi connectivity index (χ1v) is 9.46. The van der Waals surface area contributed by atoms with Crippen molar-refractivity contribution in [3.63, 3.8) is 0 Å². The van der Waals surface area contributed by atoms with Crippen LogP contribution in [0.4, 0.5) is 0 Å². The fourth-order valence-electron chi connectivity index (χ4n) is 3.80. The zero-order chi connectivity index (χ0) is 18.6. The summed E-state index contributed by atoms with van der Waals surface area (Å²) >= 11 is 0. The molecule has 0 atom stereocenters. The normalized spacial score (nSPS) is 15.1. The second kappa shape index (κ2) is 7.74. The Labute approximate surface area is 159 Å². The van der Waals surface area contributed by atoms with Crippen LogP contribution in [0.5, 0.6) is 0 Å². The number of likely N-dealkylation sites (tertiary alicyclic amines) is 1. The monoisotopic (exact) mass is 360 g/mol. The van der Waals surface area contributed by atoms with E-state index in [-0.39, 0.29) is 5.91 Å². The molecule has 5 heteroatoms. The molecule has 5 nitrogen and oxygen atoms in total. The number of hydrogen-bond acceptors (Lipinski definition) is 3. The molecule has 1 amide bonds. The number of carbonyl (C=O) groups excluding carboxylic acids is 1. The maximum Gasteiger partial charge on any atom is 0.253 e. The van der Waals surface area contributed by atoms with Crippen molar-refractivity contribution in [1.82, 2.24) is 19.4 Å². The highest BCUT2D eigenvalue weighted by Gasteiger charge is 2.27.